The van der Waals surface area contributed by atoms with Gasteiger partial charge in [-0.25, -0.2) is 4.68 Å². The smallest absolute Gasteiger partial charge is 0.0927 e. The summed E-state index contributed by atoms with van der Waals surface area (Å²) in [7, 11) is 0. The van der Waals surface area contributed by atoms with Gasteiger partial charge in [0, 0.05) is 10.1 Å². The molecular weight excluding hydrogens is 240 g/mol. The van der Waals surface area contributed by atoms with Crippen molar-refractivity contribution in [2.45, 2.75) is 0 Å². The van der Waals surface area contributed by atoms with E-state index in [0.29, 0.717) is 0 Å². The van der Waals surface area contributed by atoms with Crippen molar-refractivity contribution in [2.24, 2.45) is 0 Å². The number of para-hydroxylation sites is 1. The van der Waals surface area contributed by atoms with E-state index in [1.807, 2.05) is 29.1 Å². The fourth-order valence-corrected chi connectivity index (χ4v) is 3.34. The number of thiophene rings is 1. The van der Waals surface area contributed by atoms with Crippen molar-refractivity contribution in [1.29, 1.82) is 0 Å². The van der Waals surface area contributed by atoms with E-state index in [1.54, 1.807) is 11.3 Å². The second kappa shape index (κ2) is 3.68. The summed E-state index contributed by atoms with van der Waals surface area (Å²) in [6.07, 6.45) is 1.95. The van der Waals surface area contributed by atoms with Gasteiger partial charge in [0.25, 0.3) is 0 Å². The number of rotatable bonds is 1. The molecule has 3 heteroatoms. The summed E-state index contributed by atoms with van der Waals surface area (Å²) in [4.78, 5) is 0. The summed E-state index contributed by atoms with van der Waals surface area (Å²) in [5, 5.41) is 5.78. The van der Waals surface area contributed by atoms with Crippen LogP contribution in [0.3, 0.4) is 0 Å². The Balaban J connectivity index is 2.13. The average molecular weight is 250 g/mol. The minimum Gasteiger partial charge on any atom is -0.232 e. The van der Waals surface area contributed by atoms with Crippen molar-refractivity contribution >= 4 is 31.6 Å². The van der Waals surface area contributed by atoms with Crippen LogP contribution in [0, 0.1) is 0 Å². The molecule has 0 atom stereocenters. The zero-order chi connectivity index (χ0) is 11.9. The highest BCUT2D eigenvalue weighted by Gasteiger charge is 2.11. The van der Waals surface area contributed by atoms with E-state index in [-0.39, 0.29) is 0 Å². The minimum atomic E-state index is 1.11. The van der Waals surface area contributed by atoms with Crippen LogP contribution >= 0.6 is 11.3 Å². The summed E-state index contributed by atoms with van der Waals surface area (Å²) in [6.45, 7) is 0. The van der Waals surface area contributed by atoms with E-state index in [2.05, 4.69) is 41.5 Å². The summed E-state index contributed by atoms with van der Waals surface area (Å²) in [5.74, 6) is 0. The maximum atomic E-state index is 4.50. The molecule has 0 aliphatic carbocycles. The van der Waals surface area contributed by atoms with Gasteiger partial charge >= 0.3 is 0 Å². The predicted octanol–water partition coefficient (Wildman–Crippen LogP) is 4.24. The lowest BCUT2D eigenvalue weighted by atomic mass is 10.2. The van der Waals surface area contributed by atoms with Crippen LogP contribution < -0.4 is 0 Å². The first-order valence-electron chi connectivity index (χ1n) is 5.84. The Hall–Kier alpha value is -2.13. The number of benzene rings is 2. The molecule has 0 spiro atoms. The standard InChI is InChI=1S/C15H10N2S/c1-2-6-11(7-3-1)17-15-12-8-4-5-9-13(12)18-14(15)10-16-17/h1-10H. The molecule has 0 saturated heterocycles. The van der Waals surface area contributed by atoms with E-state index >= 15 is 0 Å². The maximum absolute atomic E-state index is 4.50. The molecule has 4 rings (SSSR count). The largest absolute Gasteiger partial charge is 0.232 e. The molecule has 2 heterocycles. The van der Waals surface area contributed by atoms with Gasteiger partial charge in [0.05, 0.1) is 22.1 Å². The quantitative estimate of drug-likeness (QED) is 0.494. The Morgan fingerprint density at radius 1 is 0.833 bits per heavy atom. The normalized spacial score (nSPS) is 11.3. The van der Waals surface area contributed by atoms with Gasteiger partial charge in [-0.05, 0) is 18.2 Å². The highest BCUT2D eigenvalue weighted by Crippen LogP contribution is 2.34. The van der Waals surface area contributed by atoms with Crippen LogP contribution in [-0.2, 0) is 0 Å². The Bertz CT molecular complexity index is 827. The van der Waals surface area contributed by atoms with Crippen LogP contribution in [0.2, 0.25) is 0 Å². The molecule has 0 radical (unpaired) electrons. The van der Waals surface area contributed by atoms with E-state index in [1.165, 1.54) is 20.3 Å². The van der Waals surface area contributed by atoms with E-state index < -0.39 is 0 Å². The van der Waals surface area contributed by atoms with Crippen LogP contribution in [0.4, 0.5) is 0 Å². The second-order valence-corrected chi connectivity index (χ2v) is 5.29. The van der Waals surface area contributed by atoms with Crippen LogP contribution in [-0.4, -0.2) is 9.78 Å². The fraction of sp³-hybridized carbons (Fsp3) is 0. The molecule has 18 heavy (non-hydrogen) atoms. The van der Waals surface area contributed by atoms with Gasteiger partial charge in [-0.1, -0.05) is 36.4 Å². The molecule has 2 nitrogen and oxygen atoms in total. The minimum absolute atomic E-state index is 1.11. The topological polar surface area (TPSA) is 17.8 Å². The van der Waals surface area contributed by atoms with Crippen LogP contribution in [0.25, 0.3) is 26.0 Å². The van der Waals surface area contributed by atoms with Gasteiger partial charge in [0.1, 0.15) is 0 Å². The molecule has 0 aliphatic heterocycles. The van der Waals surface area contributed by atoms with Gasteiger partial charge in [0.15, 0.2) is 0 Å². The van der Waals surface area contributed by atoms with Crippen molar-refractivity contribution in [3.63, 3.8) is 0 Å². The van der Waals surface area contributed by atoms with E-state index in [9.17, 15) is 0 Å². The van der Waals surface area contributed by atoms with Crippen molar-refractivity contribution in [1.82, 2.24) is 9.78 Å². The van der Waals surface area contributed by atoms with Gasteiger partial charge in [-0.2, -0.15) is 5.10 Å². The third kappa shape index (κ3) is 1.31. The average Bonchev–Trinajstić information content (AvgIpc) is 2.98. The Morgan fingerprint density at radius 2 is 1.61 bits per heavy atom. The maximum Gasteiger partial charge on any atom is 0.0927 e. The summed E-state index contributed by atoms with van der Waals surface area (Å²) in [6, 6.07) is 18.8. The molecular formula is C15H10N2S. The monoisotopic (exact) mass is 250 g/mol. The lowest BCUT2D eigenvalue weighted by Crippen LogP contribution is -1.94. The molecule has 0 unspecified atom stereocenters. The van der Waals surface area contributed by atoms with Gasteiger partial charge in [-0.15, -0.1) is 11.3 Å². The highest BCUT2D eigenvalue weighted by atomic mass is 32.1. The van der Waals surface area contributed by atoms with Gasteiger partial charge < -0.3 is 0 Å². The Labute approximate surface area is 108 Å². The molecule has 0 fully saturated rings. The third-order valence-electron chi connectivity index (χ3n) is 3.10. The number of nitrogens with zero attached hydrogens (tertiary/aromatic N) is 2. The number of hydrogen-bond donors (Lipinski definition) is 0. The van der Waals surface area contributed by atoms with Crippen molar-refractivity contribution in [3.05, 3.63) is 60.8 Å². The summed E-state index contributed by atoms with van der Waals surface area (Å²) in [5.41, 5.74) is 2.32. The third-order valence-corrected chi connectivity index (χ3v) is 4.19. The molecule has 0 bridgehead atoms. The highest BCUT2D eigenvalue weighted by molar-refractivity contribution is 7.25. The van der Waals surface area contributed by atoms with Crippen molar-refractivity contribution < 1.29 is 0 Å². The predicted molar refractivity (Wildman–Crippen MR) is 76.5 cm³/mol. The fourth-order valence-electron chi connectivity index (χ4n) is 2.29. The molecule has 0 saturated carbocycles. The molecule has 0 aliphatic rings. The zero-order valence-corrected chi connectivity index (χ0v) is 10.4. The first kappa shape index (κ1) is 9.85. The number of aromatic nitrogens is 2. The lowest BCUT2D eigenvalue weighted by Gasteiger charge is -2.02. The van der Waals surface area contributed by atoms with Crippen LogP contribution in [0.1, 0.15) is 0 Å². The van der Waals surface area contributed by atoms with Crippen LogP contribution in [0.5, 0.6) is 0 Å². The Kier molecular flexibility index (Phi) is 2.02. The molecule has 2 aromatic carbocycles. The molecule has 86 valence electrons. The van der Waals surface area contributed by atoms with E-state index in [4.69, 9.17) is 0 Å². The Morgan fingerprint density at radius 3 is 2.50 bits per heavy atom. The van der Waals surface area contributed by atoms with Crippen LogP contribution in [0.15, 0.2) is 60.8 Å². The lowest BCUT2D eigenvalue weighted by molar-refractivity contribution is 0.913. The number of fused-ring (bicyclic) bond motifs is 3. The zero-order valence-electron chi connectivity index (χ0n) is 9.58. The first-order valence-corrected chi connectivity index (χ1v) is 6.66. The molecule has 2 aromatic heterocycles. The van der Waals surface area contributed by atoms with Crippen molar-refractivity contribution in [2.75, 3.05) is 0 Å². The van der Waals surface area contributed by atoms with Crippen molar-refractivity contribution in [3.8, 4) is 5.69 Å². The first-order chi connectivity index (χ1) is 8.93. The summed E-state index contributed by atoms with van der Waals surface area (Å²) >= 11 is 1.79. The molecule has 4 aromatic rings. The second-order valence-electron chi connectivity index (χ2n) is 4.20. The SMILES string of the molecule is c1ccc(-n2ncc3sc4ccccc4c32)cc1. The number of hydrogen-bond acceptors (Lipinski definition) is 2. The molecule has 0 amide bonds. The van der Waals surface area contributed by atoms with Gasteiger partial charge in [-0.3, -0.25) is 0 Å². The van der Waals surface area contributed by atoms with Gasteiger partial charge in [0.2, 0.25) is 0 Å². The van der Waals surface area contributed by atoms with E-state index in [0.717, 1.165) is 5.69 Å². The summed E-state index contributed by atoms with van der Waals surface area (Å²) < 4.78 is 4.57. The molecule has 0 N–H and O–H groups in total.